The Morgan fingerprint density at radius 3 is 2.88 bits per heavy atom. The number of sulfone groups is 1. The van der Waals surface area contributed by atoms with Crippen LogP contribution in [0, 0.1) is 0 Å². The van der Waals surface area contributed by atoms with Crippen molar-refractivity contribution in [1.82, 2.24) is 20.2 Å². The number of hydrogen-bond donors (Lipinski definition) is 1. The molecule has 1 N–H and O–H groups in total. The van der Waals surface area contributed by atoms with Gasteiger partial charge in [-0.1, -0.05) is 0 Å². The normalized spacial score (nSPS) is 28.3. The maximum Gasteiger partial charge on any atom is 0.227 e. The zero-order valence-electron chi connectivity index (χ0n) is 15.3. The third-order valence-electron chi connectivity index (χ3n) is 5.70. The van der Waals surface area contributed by atoms with Crippen LogP contribution in [0.4, 0.5) is 11.8 Å². The molecule has 0 spiro atoms. The maximum absolute atomic E-state index is 12.0. The van der Waals surface area contributed by atoms with Crippen LogP contribution in [0.5, 0.6) is 0 Å². The van der Waals surface area contributed by atoms with Crippen molar-refractivity contribution in [2.24, 2.45) is 0 Å². The molecule has 0 aromatic carbocycles. The Morgan fingerprint density at radius 1 is 1.27 bits per heavy atom. The third kappa shape index (κ3) is 3.79. The predicted octanol–water partition coefficient (Wildman–Crippen LogP) is -0.416. The van der Waals surface area contributed by atoms with Gasteiger partial charge >= 0.3 is 0 Å². The van der Waals surface area contributed by atoms with Crippen molar-refractivity contribution in [3.05, 3.63) is 12.3 Å². The molecule has 4 rings (SSSR count). The first-order valence-corrected chi connectivity index (χ1v) is 11.3. The summed E-state index contributed by atoms with van der Waals surface area (Å²) in [5, 5.41) is 3.35. The molecule has 0 amide bonds. The molecule has 0 bridgehead atoms. The number of hydrogen-bond acceptors (Lipinski definition) is 8. The van der Waals surface area contributed by atoms with Crippen molar-refractivity contribution in [3.63, 3.8) is 0 Å². The van der Waals surface area contributed by atoms with E-state index in [0.29, 0.717) is 5.95 Å². The molecule has 144 valence electrons. The van der Waals surface area contributed by atoms with E-state index in [1.807, 2.05) is 13.1 Å². The van der Waals surface area contributed by atoms with Crippen LogP contribution in [0.25, 0.3) is 0 Å². The predicted molar refractivity (Wildman–Crippen MR) is 103 cm³/mol. The number of aromatic nitrogens is 2. The van der Waals surface area contributed by atoms with Gasteiger partial charge in [0.2, 0.25) is 5.95 Å². The largest absolute Gasteiger partial charge is 0.350 e. The molecule has 0 unspecified atom stereocenters. The molecule has 9 heteroatoms. The molecule has 3 aliphatic rings. The van der Waals surface area contributed by atoms with E-state index >= 15 is 0 Å². The van der Waals surface area contributed by atoms with Crippen molar-refractivity contribution in [2.45, 2.75) is 24.9 Å². The fourth-order valence-corrected chi connectivity index (χ4v) is 6.19. The number of likely N-dealkylation sites (N-methyl/N-ethyl adjacent to an activating group) is 1. The molecule has 3 saturated heterocycles. The molecule has 3 aliphatic heterocycles. The van der Waals surface area contributed by atoms with E-state index in [9.17, 15) is 8.42 Å². The average Bonchev–Trinajstić information content (AvgIpc) is 3.25. The molecule has 0 saturated carbocycles. The van der Waals surface area contributed by atoms with E-state index < -0.39 is 9.84 Å². The summed E-state index contributed by atoms with van der Waals surface area (Å²) < 4.78 is 24.1. The molecule has 0 aliphatic carbocycles. The summed E-state index contributed by atoms with van der Waals surface area (Å²) in [6, 6.07) is 1.86. The molecule has 1 aromatic rings. The Hall–Kier alpha value is -1.45. The zero-order valence-corrected chi connectivity index (χ0v) is 16.2. The van der Waals surface area contributed by atoms with Gasteiger partial charge in [0.15, 0.2) is 9.84 Å². The van der Waals surface area contributed by atoms with Gasteiger partial charge in [0.05, 0.1) is 17.5 Å². The molecule has 8 nitrogen and oxygen atoms in total. The number of nitrogens with zero attached hydrogens (tertiary/aromatic N) is 5. The summed E-state index contributed by atoms with van der Waals surface area (Å²) in [4.78, 5) is 15.9. The standard InChI is InChI=1S/C17H28N6O2S/c1-21(10-11-22-7-2-3-8-22)17-19-5-4-16(20-17)23-9-6-18-14-12-26(24,25)13-15(14)23/h4-5,14-15,18H,2-3,6-13H2,1H3/t14-,15+/m0/s1. The molecule has 3 fully saturated rings. The Morgan fingerprint density at radius 2 is 2.08 bits per heavy atom. The van der Waals surface area contributed by atoms with Gasteiger partial charge in [-0.2, -0.15) is 4.98 Å². The van der Waals surface area contributed by atoms with Crippen LogP contribution in [0.2, 0.25) is 0 Å². The van der Waals surface area contributed by atoms with Gasteiger partial charge in [0, 0.05) is 45.5 Å². The van der Waals surface area contributed by atoms with Crippen molar-refractivity contribution in [1.29, 1.82) is 0 Å². The number of likely N-dealkylation sites (tertiary alicyclic amines) is 1. The van der Waals surface area contributed by atoms with E-state index in [-0.39, 0.29) is 23.6 Å². The molecule has 0 radical (unpaired) electrons. The highest BCUT2D eigenvalue weighted by Crippen LogP contribution is 2.26. The summed E-state index contributed by atoms with van der Waals surface area (Å²) >= 11 is 0. The van der Waals surface area contributed by atoms with Gasteiger partial charge in [-0.05, 0) is 32.0 Å². The van der Waals surface area contributed by atoms with Crippen LogP contribution in [0.15, 0.2) is 12.3 Å². The monoisotopic (exact) mass is 380 g/mol. The maximum atomic E-state index is 12.0. The second-order valence-corrected chi connectivity index (χ2v) is 9.74. The highest BCUT2D eigenvalue weighted by molar-refractivity contribution is 7.91. The molecular formula is C17H28N6O2S. The lowest BCUT2D eigenvalue weighted by molar-refractivity contribution is 0.346. The SMILES string of the molecule is CN(CCN1CCCC1)c1nccc(N2CCN[C@H]3CS(=O)(=O)C[C@H]32)n1. The lowest BCUT2D eigenvalue weighted by atomic mass is 10.1. The Balaban J connectivity index is 1.46. The van der Waals surface area contributed by atoms with Gasteiger partial charge in [-0.25, -0.2) is 13.4 Å². The first kappa shape index (κ1) is 17.9. The molecule has 26 heavy (non-hydrogen) atoms. The summed E-state index contributed by atoms with van der Waals surface area (Å²) in [6.45, 7) is 5.84. The van der Waals surface area contributed by atoms with Crippen LogP contribution in [0.1, 0.15) is 12.8 Å². The minimum Gasteiger partial charge on any atom is -0.350 e. The fraction of sp³-hybridized carbons (Fsp3) is 0.765. The number of anilines is 2. The van der Waals surface area contributed by atoms with Crippen molar-refractivity contribution >= 4 is 21.6 Å². The van der Waals surface area contributed by atoms with Crippen LogP contribution >= 0.6 is 0 Å². The highest BCUT2D eigenvalue weighted by Gasteiger charge is 2.43. The molecule has 4 heterocycles. The van der Waals surface area contributed by atoms with Gasteiger partial charge < -0.3 is 20.0 Å². The van der Waals surface area contributed by atoms with E-state index in [2.05, 4.69) is 25.0 Å². The first-order chi connectivity index (χ1) is 12.5. The Bertz CT molecular complexity index is 737. The topological polar surface area (TPSA) is 81.7 Å². The van der Waals surface area contributed by atoms with Crippen molar-refractivity contribution < 1.29 is 8.42 Å². The third-order valence-corrected chi connectivity index (χ3v) is 7.41. The number of nitrogens with one attached hydrogen (secondary N) is 1. The van der Waals surface area contributed by atoms with Gasteiger partial charge in [-0.15, -0.1) is 0 Å². The molecule has 1 aromatic heterocycles. The zero-order chi connectivity index (χ0) is 18.1. The second-order valence-electron chi connectivity index (χ2n) is 7.58. The van der Waals surface area contributed by atoms with Gasteiger partial charge in [-0.3, -0.25) is 0 Å². The number of fused-ring (bicyclic) bond motifs is 1. The van der Waals surface area contributed by atoms with E-state index in [4.69, 9.17) is 4.98 Å². The average molecular weight is 381 g/mol. The van der Waals surface area contributed by atoms with Crippen LogP contribution in [-0.4, -0.2) is 93.2 Å². The van der Waals surface area contributed by atoms with E-state index in [1.165, 1.54) is 25.9 Å². The minimum absolute atomic E-state index is 0.0000569. The minimum atomic E-state index is -2.98. The van der Waals surface area contributed by atoms with E-state index in [1.54, 1.807) is 6.20 Å². The smallest absolute Gasteiger partial charge is 0.227 e. The lowest BCUT2D eigenvalue weighted by Gasteiger charge is -2.38. The molecule has 2 atom stereocenters. The van der Waals surface area contributed by atoms with Crippen molar-refractivity contribution in [2.75, 3.05) is 67.6 Å². The van der Waals surface area contributed by atoms with Crippen LogP contribution < -0.4 is 15.1 Å². The van der Waals surface area contributed by atoms with Crippen molar-refractivity contribution in [3.8, 4) is 0 Å². The van der Waals surface area contributed by atoms with Gasteiger partial charge in [0.1, 0.15) is 5.82 Å². The summed E-state index contributed by atoms with van der Waals surface area (Å²) in [6.07, 6.45) is 4.37. The van der Waals surface area contributed by atoms with E-state index in [0.717, 1.165) is 32.0 Å². The first-order valence-electron chi connectivity index (χ1n) is 9.49. The summed E-state index contributed by atoms with van der Waals surface area (Å²) in [5.41, 5.74) is 0. The van der Waals surface area contributed by atoms with Crippen LogP contribution in [-0.2, 0) is 9.84 Å². The van der Waals surface area contributed by atoms with Gasteiger partial charge in [0.25, 0.3) is 0 Å². The second kappa shape index (κ2) is 7.28. The summed E-state index contributed by atoms with van der Waals surface area (Å²) in [7, 11) is -0.954. The quantitative estimate of drug-likeness (QED) is 0.738. The number of rotatable bonds is 5. The van der Waals surface area contributed by atoms with Crippen LogP contribution in [0.3, 0.4) is 0 Å². The highest BCUT2D eigenvalue weighted by atomic mass is 32.2. The number of piperazine rings is 1. The summed E-state index contributed by atoms with van der Waals surface area (Å²) in [5.74, 6) is 1.96. The lowest BCUT2D eigenvalue weighted by Crippen LogP contribution is -2.57. The Labute approximate surface area is 155 Å². The molecular weight excluding hydrogens is 352 g/mol. The fourth-order valence-electron chi connectivity index (χ4n) is 4.23. The Kier molecular flexibility index (Phi) is 5.02.